The van der Waals surface area contributed by atoms with Crippen LogP contribution in [0.25, 0.3) is 0 Å². The molecule has 1 aliphatic rings. The highest BCUT2D eigenvalue weighted by atomic mass is 15.2. The van der Waals surface area contributed by atoms with Crippen LogP contribution in [0.2, 0.25) is 0 Å². The molecule has 0 radical (unpaired) electrons. The van der Waals surface area contributed by atoms with Crippen molar-refractivity contribution >= 4 is 0 Å². The van der Waals surface area contributed by atoms with Gasteiger partial charge in [0.2, 0.25) is 0 Å². The van der Waals surface area contributed by atoms with Gasteiger partial charge in [-0.15, -0.1) is 0 Å². The van der Waals surface area contributed by atoms with Crippen molar-refractivity contribution in [3.8, 4) is 0 Å². The van der Waals surface area contributed by atoms with Crippen LogP contribution in [0.4, 0.5) is 0 Å². The summed E-state index contributed by atoms with van der Waals surface area (Å²) in [6, 6.07) is 0. The minimum Gasteiger partial charge on any atom is -0.305 e. The van der Waals surface area contributed by atoms with E-state index < -0.39 is 0 Å². The molecular formula is C16H38N2. The van der Waals surface area contributed by atoms with E-state index in [9.17, 15) is 0 Å². The van der Waals surface area contributed by atoms with E-state index in [4.69, 9.17) is 0 Å². The third-order valence-corrected chi connectivity index (χ3v) is 3.14. The molecule has 18 heavy (non-hydrogen) atoms. The van der Waals surface area contributed by atoms with Gasteiger partial charge in [-0.3, -0.25) is 0 Å². The van der Waals surface area contributed by atoms with Crippen LogP contribution in [-0.2, 0) is 0 Å². The number of likely N-dealkylation sites (N-methyl/N-ethyl adjacent to an activating group) is 1. The lowest BCUT2D eigenvalue weighted by molar-refractivity contribution is 0.195. The maximum Gasteiger partial charge on any atom is 0.0109 e. The molecule has 1 rings (SSSR count). The van der Waals surface area contributed by atoms with Gasteiger partial charge in [0, 0.05) is 13.1 Å². The van der Waals surface area contributed by atoms with Gasteiger partial charge in [0.15, 0.2) is 0 Å². The van der Waals surface area contributed by atoms with Crippen LogP contribution in [-0.4, -0.2) is 49.6 Å². The zero-order valence-corrected chi connectivity index (χ0v) is 14.0. The van der Waals surface area contributed by atoms with Crippen molar-refractivity contribution in [1.29, 1.82) is 0 Å². The van der Waals surface area contributed by atoms with Crippen LogP contribution < -0.4 is 0 Å². The van der Waals surface area contributed by atoms with Gasteiger partial charge in [0.1, 0.15) is 0 Å². The molecule has 0 N–H and O–H groups in total. The monoisotopic (exact) mass is 258 g/mol. The standard InChI is InChI=1S/C12H26N2.2C2H6/c1-3-4-8-13(2)11-12-14-9-6-5-7-10-14;2*1-2/h3-12H2,1-2H3;2*1-2H3. The van der Waals surface area contributed by atoms with E-state index in [0.717, 1.165) is 0 Å². The molecular weight excluding hydrogens is 220 g/mol. The van der Waals surface area contributed by atoms with Crippen LogP contribution in [0.15, 0.2) is 0 Å². The molecule has 0 bridgehead atoms. The zero-order chi connectivity index (χ0) is 14.2. The highest BCUT2D eigenvalue weighted by Gasteiger charge is 2.09. The Balaban J connectivity index is 0. The summed E-state index contributed by atoms with van der Waals surface area (Å²) in [4.78, 5) is 5.09. The Kier molecular flexibility index (Phi) is 19.0. The average molecular weight is 258 g/mol. The average Bonchev–Trinajstić information content (AvgIpc) is 2.48. The Morgan fingerprint density at radius 2 is 1.44 bits per heavy atom. The molecule has 1 saturated heterocycles. The fourth-order valence-electron chi connectivity index (χ4n) is 2.03. The van der Waals surface area contributed by atoms with Crippen molar-refractivity contribution in [3.05, 3.63) is 0 Å². The molecule has 0 aliphatic carbocycles. The number of likely N-dealkylation sites (tertiary alicyclic amines) is 1. The molecule has 0 unspecified atom stereocenters. The van der Waals surface area contributed by atoms with E-state index in [-0.39, 0.29) is 0 Å². The zero-order valence-electron chi connectivity index (χ0n) is 14.0. The summed E-state index contributed by atoms with van der Waals surface area (Å²) in [5.41, 5.74) is 0. The molecule has 1 heterocycles. The lowest BCUT2D eigenvalue weighted by Crippen LogP contribution is -2.36. The Bertz CT molecular complexity index is 131. The molecule has 112 valence electrons. The van der Waals surface area contributed by atoms with E-state index in [2.05, 4.69) is 23.8 Å². The van der Waals surface area contributed by atoms with Crippen LogP contribution >= 0.6 is 0 Å². The minimum atomic E-state index is 1.25. The summed E-state index contributed by atoms with van der Waals surface area (Å²) in [6.45, 7) is 16.7. The van der Waals surface area contributed by atoms with Crippen molar-refractivity contribution in [2.24, 2.45) is 0 Å². The van der Waals surface area contributed by atoms with Gasteiger partial charge in [0.25, 0.3) is 0 Å². The molecule has 0 spiro atoms. The fraction of sp³-hybridized carbons (Fsp3) is 1.00. The highest BCUT2D eigenvalue weighted by Crippen LogP contribution is 2.07. The predicted molar refractivity (Wildman–Crippen MR) is 85.4 cm³/mol. The van der Waals surface area contributed by atoms with Gasteiger partial charge in [-0.25, -0.2) is 0 Å². The second-order valence-corrected chi connectivity index (χ2v) is 4.56. The molecule has 2 heteroatoms. The molecule has 0 amide bonds. The topological polar surface area (TPSA) is 6.48 Å². The first kappa shape index (κ1) is 20.2. The minimum absolute atomic E-state index is 1.25. The molecule has 0 aromatic carbocycles. The van der Waals surface area contributed by atoms with E-state index in [1.165, 1.54) is 64.8 Å². The second kappa shape index (κ2) is 16.9. The molecule has 0 atom stereocenters. The smallest absolute Gasteiger partial charge is 0.0109 e. The third kappa shape index (κ3) is 12.4. The Labute approximate surface area is 117 Å². The Hall–Kier alpha value is -0.0800. The van der Waals surface area contributed by atoms with E-state index in [1.807, 2.05) is 27.7 Å². The van der Waals surface area contributed by atoms with E-state index in [0.29, 0.717) is 0 Å². The van der Waals surface area contributed by atoms with Crippen LogP contribution in [0, 0.1) is 0 Å². The van der Waals surface area contributed by atoms with Crippen molar-refractivity contribution in [3.63, 3.8) is 0 Å². The van der Waals surface area contributed by atoms with Gasteiger partial charge >= 0.3 is 0 Å². The Morgan fingerprint density at radius 3 is 1.94 bits per heavy atom. The second-order valence-electron chi connectivity index (χ2n) is 4.56. The van der Waals surface area contributed by atoms with E-state index in [1.54, 1.807) is 0 Å². The van der Waals surface area contributed by atoms with E-state index >= 15 is 0 Å². The van der Waals surface area contributed by atoms with Crippen LogP contribution in [0.1, 0.15) is 66.7 Å². The fourth-order valence-corrected chi connectivity index (χ4v) is 2.03. The van der Waals surface area contributed by atoms with Gasteiger partial charge in [0.05, 0.1) is 0 Å². The quantitative estimate of drug-likeness (QED) is 0.702. The maximum absolute atomic E-state index is 2.62. The van der Waals surface area contributed by atoms with Crippen LogP contribution in [0.3, 0.4) is 0 Å². The van der Waals surface area contributed by atoms with Gasteiger partial charge in [-0.05, 0) is 45.9 Å². The number of rotatable bonds is 6. The summed E-state index contributed by atoms with van der Waals surface area (Å²) in [7, 11) is 2.25. The number of piperidine rings is 1. The number of unbranched alkanes of at least 4 members (excludes halogenated alkanes) is 1. The number of hydrogen-bond donors (Lipinski definition) is 0. The molecule has 0 aromatic heterocycles. The van der Waals surface area contributed by atoms with Crippen molar-refractivity contribution in [1.82, 2.24) is 9.80 Å². The molecule has 0 aromatic rings. The lowest BCUT2D eigenvalue weighted by atomic mass is 10.1. The summed E-state index contributed by atoms with van der Waals surface area (Å²) in [5.74, 6) is 0. The third-order valence-electron chi connectivity index (χ3n) is 3.14. The summed E-state index contributed by atoms with van der Waals surface area (Å²) < 4.78 is 0. The number of hydrogen-bond acceptors (Lipinski definition) is 2. The van der Waals surface area contributed by atoms with Gasteiger partial charge < -0.3 is 9.80 Å². The van der Waals surface area contributed by atoms with Gasteiger partial charge in [-0.1, -0.05) is 47.5 Å². The summed E-state index contributed by atoms with van der Waals surface area (Å²) >= 11 is 0. The summed E-state index contributed by atoms with van der Waals surface area (Å²) in [5, 5.41) is 0. The van der Waals surface area contributed by atoms with Crippen molar-refractivity contribution < 1.29 is 0 Å². The van der Waals surface area contributed by atoms with Crippen molar-refractivity contribution in [2.75, 3.05) is 39.8 Å². The predicted octanol–water partition coefficient (Wildman–Crippen LogP) is 4.26. The molecule has 2 nitrogen and oxygen atoms in total. The Morgan fingerprint density at radius 1 is 0.889 bits per heavy atom. The normalized spacial score (nSPS) is 15.5. The first-order valence-electron chi connectivity index (χ1n) is 8.24. The largest absolute Gasteiger partial charge is 0.305 e. The summed E-state index contributed by atoms with van der Waals surface area (Å²) in [6.07, 6.45) is 6.93. The SMILES string of the molecule is CC.CC.CCCCN(C)CCN1CCCCC1. The number of nitrogens with zero attached hydrogens (tertiary/aromatic N) is 2. The lowest BCUT2D eigenvalue weighted by Gasteiger charge is -2.28. The first-order chi connectivity index (χ1) is 8.83. The molecule has 0 saturated carbocycles. The van der Waals surface area contributed by atoms with Crippen molar-refractivity contribution in [2.45, 2.75) is 66.7 Å². The maximum atomic E-state index is 2.62. The first-order valence-corrected chi connectivity index (χ1v) is 8.24. The molecule has 1 aliphatic heterocycles. The van der Waals surface area contributed by atoms with Gasteiger partial charge in [-0.2, -0.15) is 0 Å². The highest BCUT2D eigenvalue weighted by molar-refractivity contribution is 4.65. The molecule has 1 fully saturated rings. The van der Waals surface area contributed by atoms with Crippen LogP contribution in [0.5, 0.6) is 0 Å².